The lowest BCUT2D eigenvalue weighted by Crippen LogP contribution is -2.40. The third kappa shape index (κ3) is 6.02. The molecule has 9 heteroatoms. The van der Waals surface area contributed by atoms with E-state index in [1.54, 1.807) is 23.5 Å². The van der Waals surface area contributed by atoms with Gasteiger partial charge in [0.2, 0.25) is 0 Å². The molecule has 0 aliphatic carbocycles. The summed E-state index contributed by atoms with van der Waals surface area (Å²) in [7, 11) is 3.88. The third-order valence-electron chi connectivity index (χ3n) is 4.42. The minimum Gasteiger partial charge on any atom is -0.492 e. The summed E-state index contributed by atoms with van der Waals surface area (Å²) in [6.45, 7) is 4.09. The molecule has 154 valence electrons. The molecule has 0 saturated carbocycles. The summed E-state index contributed by atoms with van der Waals surface area (Å²) in [4.78, 5) is 7.94. The summed E-state index contributed by atoms with van der Waals surface area (Å²) >= 11 is 1.70. The lowest BCUT2D eigenvalue weighted by atomic mass is 10.3. The molecule has 0 radical (unpaired) electrons. The van der Waals surface area contributed by atoms with Crippen molar-refractivity contribution >= 4 is 17.3 Å². The van der Waals surface area contributed by atoms with Crippen molar-refractivity contribution in [2.24, 2.45) is 12.0 Å². The Morgan fingerprint density at radius 3 is 2.72 bits per heavy atom. The molecule has 0 bridgehead atoms. The van der Waals surface area contributed by atoms with Crippen molar-refractivity contribution in [1.29, 1.82) is 0 Å². The van der Waals surface area contributed by atoms with E-state index < -0.39 is 0 Å². The van der Waals surface area contributed by atoms with Crippen LogP contribution in [0.5, 0.6) is 5.75 Å². The molecule has 7 nitrogen and oxygen atoms in total. The van der Waals surface area contributed by atoms with Crippen molar-refractivity contribution in [3.05, 3.63) is 64.1 Å². The Kier molecular flexibility index (Phi) is 7.18. The van der Waals surface area contributed by atoms with Crippen LogP contribution in [-0.2, 0) is 20.1 Å². The zero-order valence-corrected chi connectivity index (χ0v) is 17.6. The Morgan fingerprint density at radius 1 is 1.28 bits per heavy atom. The quantitative estimate of drug-likeness (QED) is 0.452. The fourth-order valence-electron chi connectivity index (χ4n) is 2.56. The van der Waals surface area contributed by atoms with Crippen molar-refractivity contribution < 1.29 is 9.13 Å². The summed E-state index contributed by atoms with van der Waals surface area (Å²) < 4.78 is 20.6. The van der Waals surface area contributed by atoms with Gasteiger partial charge in [0.1, 0.15) is 30.5 Å². The van der Waals surface area contributed by atoms with E-state index in [4.69, 9.17) is 9.73 Å². The SMILES string of the molecule is Cc1nnc(CN=C(NCc2cccs2)N(C)CCOc2ccc(F)cc2)n1C. The van der Waals surface area contributed by atoms with E-state index in [0.717, 1.165) is 17.6 Å². The first-order valence-electron chi connectivity index (χ1n) is 9.28. The standard InChI is InChI=1S/C20H25FN6OS/c1-15-24-25-19(27(15)3)14-23-20(22-13-18-5-4-12-29-18)26(2)10-11-28-17-8-6-16(21)7-9-17/h4-9,12H,10-11,13-14H2,1-3H3,(H,22,23). The largest absolute Gasteiger partial charge is 0.492 e. The van der Waals surface area contributed by atoms with Crippen LogP contribution in [-0.4, -0.2) is 45.8 Å². The normalized spacial score (nSPS) is 11.5. The number of aliphatic imine (C=N–C) groups is 1. The van der Waals surface area contributed by atoms with E-state index in [0.29, 0.717) is 32.0 Å². The third-order valence-corrected chi connectivity index (χ3v) is 5.30. The number of hydrogen-bond donors (Lipinski definition) is 1. The van der Waals surface area contributed by atoms with Crippen molar-refractivity contribution in [3.63, 3.8) is 0 Å². The number of likely N-dealkylation sites (N-methyl/N-ethyl adjacent to an activating group) is 1. The van der Waals surface area contributed by atoms with Gasteiger partial charge < -0.3 is 19.5 Å². The highest BCUT2D eigenvalue weighted by Crippen LogP contribution is 2.11. The van der Waals surface area contributed by atoms with E-state index in [9.17, 15) is 4.39 Å². The fraction of sp³-hybridized carbons (Fsp3) is 0.350. The molecule has 2 aromatic heterocycles. The highest BCUT2D eigenvalue weighted by Gasteiger charge is 2.10. The molecule has 0 amide bonds. The van der Waals surface area contributed by atoms with Crippen molar-refractivity contribution in [1.82, 2.24) is 25.0 Å². The number of aromatic nitrogens is 3. The molecule has 0 atom stereocenters. The number of aryl methyl sites for hydroxylation is 1. The summed E-state index contributed by atoms with van der Waals surface area (Å²) in [6.07, 6.45) is 0. The molecule has 3 aromatic rings. The molecule has 0 aliphatic rings. The average Bonchev–Trinajstić information content (AvgIpc) is 3.34. The Bertz CT molecular complexity index is 923. The van der Waals surface area contributed by atoms with Crippen LogP contribution in [0.25, 0.3) is 0 Å². The Labute approximate surface area is 173 Å². The Hall–Kier alpha value is -2.94. The lowest BCUT2D eigenvalue weighted by molar-refractivity contribution is 0.281. The smallest absolute Gasteiger partial charge is 0.194 e. The van der Waals surface area contributed by atoms with E-state index in [1.807, 2.05) is 36.6 Å². The average molecular weight is 417 g/mol. The first-order chi connectivity index (χ1) is 14.0. The number of nitrogens with one attached hydrogen (secondary N) is 1. The lowest BCUT2D eigenvalue weighted by Gasteiger charge is -2.22. The second kappa shape index (κ2) is 10.0. The number of halogens is 1. The highest BCUT2D eigenvalue weighted by atomic mass is 32.1. The number of hydrogen-bond acceptors (Lipinski definition) is 5. The number of ether oxygens (including phenoxy) is 1. The molecule has 0 aliphatic heterocycles. The van der Waals surface area contributed by atoms with Gasteiger partial charge in [0, 0.05) is 19.0 Å². The molecule has 0 spiro atoms. The van der Waals surface area contributed by atoms with Crippen molar-refractivity contribution in [2.75, 3.05) is 20.2 Å². The molecule has 29 heavy (non-hydrogen) atoms. The molecule has 0 fully saturated rings. The monoisotopic (exact) mass is 416 g/mol. The van der Waals surface area contributed by atoms with Crippen LogP contribution in [0.1, 0.15) is 16.5 Å². The van der Waals surface area contributed by atoms with Crippen LogP contribution in [0, 0.1) is 12.7 Å². The van der Waals surface area contributed by atoms with E-state index in [2.05, 4.69) is 27.0 Å². The van der Waals surface area contributed by atoms with Crippen LogP contribution in [0.3, 0.4) is 0 Å². The number of rotatable bonds is 8. The molecule has 1 N–H and O–H groups in total. The summed E-state index contributed by atoms with van der Waals surface area (Å²) in [5.41, 5.74) is 0. The minimum atomic E-state index is -0.277. The highest BCUT2D eigenvalue weighted by molar-refractivity contribution is 7.09. The Morgan fingerprint density at radius 2 is 2.07 bits per heavy atom. The summed E-state index contributed by atoms with van der Waals surface area (Å²) in [5, 5.41) is 13.7. The maximum absolute atomic E-state index is 13.0. The number of nitrogens with zero attached hydrogens (tertiary/aromatic N) is 5. The van der Waals surface area contributed by atoms with Gasteiger partial charge in [-0.3, -0.25) is 0 Å². The molecular formula is C20H25FN6OS. The first-order valence-corrected chi connectivity index (χ1v) is 10.2. The zero-order chi connectivity index (χ0) is 20.6. The van der Waals surface area contributed by atoms with Crippen molar-refractivity contribution in [3.8, 4) is 5.75 Å². The van der Waals surface area contributed by atoms with E-state index in [1.165, 1.54) is 17.0 Å². The van der Waals surface area contributed by atoms with Gasteiger partial charge in [-0.2, -0.15) is 0 Å². The van der Waals surface area contributed by atoms with Crippen LogP contribution in [0.2, 0.25) is 0 Å². The predicted molar refractivity (Wildman–Crippen MR) is 113 cm³/mol. The van der Waals surface area contributed by atoms with Gasteiger partial charge in [-0.1, -0.05) is 6.07 Å². The summed E-state index contributed by atoms with van der Waals surface area (Å²) in [6, 6.07) is 10.1. The molecule has 0 unspecified atom stereocenters. The van der Waals surface area contributed by atoms with Crippen LogP contribution < -0.4 is 10.1 Å². The topological polar surface area (TPSA) is 67.6 Å². The van der Waals surface area contributed by atoms with Gasteiger partial charge in [0.05, 0.1) is 13.1 Å². The second-order valence-electron chi connectivity index (χ2n) is 6.52. The Balaban J connectivity index is 1.61. The minimum absolute atomic E-state index is 0.277. The van der Waals surface area contributed by atoms with Crippen molar-refractivity contribution in [2.45, 2.75) is 20.0 Å². The molecule has 0 saturated heterocycles. The first kappa shape index (κ1) is 20.8. The number of benzene rings is 1. The van der Waals surface area contributed by atoms with Crippen LogP contribution in [0.4, 0.5) is 4.39 Å². The fourth-order valence-corrected chi connectivity index (χ4v) is 3.21. The molecule has 3 rings (SSSR count). The predicted octanol–water partition coefficient (Wildman–Crippen LogP) is 2.98. The molecule has 1 aromatic carbocycles. The van der Waals surface area contributed by atoms with Gasteiger partial charge in [0.25, 0.3) is 0 Å². The maximum Gasteiger partial charge on any atom is 0.194 e. The molecule has 2 heterocycles. The summed E-state index contributed by atoms with van der Waals surface area (Å²) in [5.74, 6) is 2.76. The second-order valence-corrected chi connectivity index (χ2v) is 7.55. The molecular weight excluding hydrogens is 391 g/mol. The van der Waals surface area contributed by atoms with Gasteiger partial charge in [-0.25, -0.2) is 9.38 Å². The van der Waals surface area contributed by atoms with Gasteiger partial charge in [0.15, 0.2) is 11.8 Å². The zero-order valence-electron chi connectivity index (χ0n) is 16.8. The van der Waals surface area contributed by atoms with E-state index in [-0.39, 0.29) is 5.82 Å². The van der Waals surface area contributed by atoms with Crippen LogP contribution >= 0.6 is 11.3 Å². The number of guanidine groups is 1. The van der Waals surface area contributed by atoms with Crippen LogP contribution in [0.15, 0.2) is 46.8 Å². The number of thiophene rings is 1. The van der Waals surface area contributed by atoms with Gasteiger partial charge in [-0.15, -0.1) is 21.5 Å². The van der Waals surface area contributed by atoms with Gasteiger partial charge in [-0.05, 0) is 42.6 Å². The van der Waals surface area contributed by atoms with E-state index >= 15 is 0 Å². The maximum atomic E-state index is 13.0. The van der Waals surface area contributed by atoms with Gasteiger partial charge >= 0.3 is 0 Å².